The first kappa shape index (κ1) is 20.6. The second-order valence-electron chi connectivity index (χ2n) is 7.23. The minimum atomic E-state index is -4.62. The maximum Gasteiger partial charge on any atom is 0.417 e. The van der Waals surface area contributed by atoms with Crippen LogP contribution in [0.1, 0.15) is 11.4 Å². The van der Waals surface area contributed by atoms with Gasteiger partial charge in [0.1, 0.15) is 17.5 Å². The summed E-state index contributed by atoms with van der Waals surface area (Å²) in [5, 5.41) is 0. The predicted molar refractivity (Wildman–Crippen MR) is 103 cm³/mol. The number of pyridine rings is 1. The Bertz CT molecular complexity index is 895. The molecule has 2 aromatic rings. The van der Waals surface area contributed by atoms with Crippen molar-refractivity contribution in [1.29, 1.82) is 0 Å². The number of alkyl halides is 3. The molecule has 11 heteroatoms. The molecular weight excluding hydrogens is 404 g/mol. The second kappa shape index (κ2) is 8.21. The number of ether oxygens (including phenoxy) is 1. The quantitative estimate of drug-likeness (QED) is 0.699. The molecule has 0 spiro atoms. The fourth-order valence-corrected chi connectivity index (χ4v) is 3.62. The predicted octanol–water partition coefficient (Wildman–Crippen LogP) is 2.50. The van der Waals surface area contributed by atoms with E-state index in [1.807, 2.05) is 13.0 Å². The van der Waals surface area contributed by atoms with Gasteiger partial charge in [-0.05, 0) is 13.0 Å². The highest BCUT2D eigenvalue weighted by Gasteiger charge is 2.33. The molecule has 2 fully saturated rings. The number of morpholine rings is 1. The lowest BCUT2D eigenvalue weighted by Gasteiger charge is -2.36. The molecule has 7 nitrogen and oxygen atoms in total. The van der Waals surface area contributed by atoms with Crippen LogP contribution in [0.2, 0.25) is 0 Å². The molecule has 0 atom stereocenters. The number of aromatic nitrogens is 3. The monoisotopic (exact) mass is 426 g/mol. The van der Waals surface area contributed by atoms with E-state index in [4.69, 9.17) is 4.74 Å². The largest absolute Gasteiger partial charge is 0.417 e. The van der Waals surface area contributed by atoms with Gasteiger partial charge in [0.15, 0.2) is 11.6 Å². The van der Waals surface area contributed by atoms with E-state index in [2.05, 4.69) is 24.8 Å². The van der Waals surface area contributed by atoms with Crippen molar-refractivity contribution in [3.8, 4) is 0 Å². The normalized spacial score (nSPS) is 18.1. The number of aryl methyl sites for hydroxylation is 1. The Balaban J connectivity index is 1.45. The lowest BCUT2D eigenvalue weighted by Crippen LogP contribution is -2.47. The summed E-state index contributed by atoms with van der Waals surface area (Å²) >= 11 is 0. The van der Waals surface area contributed by atoms with Crippen LogP contribution in [0, 0.1) is 12.7 Å². The van der Waals surface area contributed by atoms with Gasteiger partial charge in [-0.3, -0.25) is 0 Å². The summed E-state index contributed by atoms with van der Waals surface area (Å²) in [6, 6.07) is 2.43. The van der Waals surface area contributed by atoms with Gasteiger partial charge >= 0.3 is 6.18 Å². The van der Waals surface area contributed by atoms with Gasteiger partial charge in [0.05, 0.1) is 18.8 Å². The Morgan fingerprint density at radius 1 is 0.867 bits per heavy atom. The van der Waals surface area contributed by atoms with Crippen LogP contribution in [0.25, 0.3) is 0 Å². The standard InChI is InChI=1S/C19H22F4N6O/c1-13-25-16(11-17(26-13)28-6-8-30-9-7-28)27-2-4-29(5-3-27)18-15(20)10-14(12-24-18)19(21,22)23/h10-12H,2-9H2,1H3. The highest BCUT2D eigenvalue weighted by molar-refractivity contribution is 5.53. The van der Waals surface area contributed by atoms with Crippen LogP contribution in [0.4, 0.5) is 35.0 Å². The molecule has 0 bridgehead atoms. The van der Waals surface area contributed by atoms with Gasteiger partial charge in [0.25, 0.3) is 0 Å². The molecule has 4 heterocycles. The van der Waals surface area contributed by atoms with E-state index in [0.717, 1.165) is 24.7 Å². The van der Waals surface area contributed by atoms with Gasteiger partial charge in [0.2, 0.25) is 0 Å². The Kier molecular flexibility index (Phi) is 5.63. The SMILES string of the molecule is Cc1nc(N2CCOCC2)cc(N2CCN(c3ncc(C(F)(F)F)cc3F)CC2)n1. The molecule has 30 heavy (non-hydrogen) atoms. The first-order chi connectivity index (χ1) is 14.3. The van der Waals surface area contributed by atoms with Crippen molar-refractivity contribution < 1.29 is 22.3 Å². The summed E-state index contributed by atoms with van der Waals surface area (Å²) in [7, 11) is 0. The molecule has 2 aliphatic heterocycles. The molecule has 0 radical (unpaired) electrons. The Hall–Kier alpha value is -2.69. The zero-order chi connectivity index (χ0) is 21.3. The Morgan fingerprint density at radius 3 is 2.00 bits per heavy atom. The molecule has 0 unspecified atom stereocenters. The molecule has 0 amide bonds. The van der Waals surface area contributed by atoms with E-state index in [1.54, 1.807) is 4.90 Å². The van der Waals surface area contributed by atoms with Crippen molar-refractivity contribution in [3.05, 3.63) is 35.5 Å². The van der Waals surface area contributed by atoms with Crippen molar-refractivity contribution in [2.24, 2.45) is 0 Å². The summed E-state index contributed by atoms with van der Waals surface area (Å²) in [5.41, 5.74) is -1.09. The smallest absolute Gasteiger partial charge is 0.378 e. The molecule has 2 aliphatic rings. The minimum absolute atomic E-state index is 0.0597. The summed E-state index contributed by atoms with van der Waals surface area (Å²) in [4.78, 5) is 18.7. The minimum Gasteiger partial charge on any atom is -0.378 e. The molecule has 2 aromatic heterocycles. The maximum absolute atomic E-state index is 14.2. The van der Waals surface area contributed by atoms with Crippen molar-refractivity contribution in [2.45, 2.75) is 13.1 Å². The summed E-state index contributed by atoms with van der Waals surface area (Å²) in [5.74, 6) is 1.26. The van der Waals surface area contributed by atoms with Crippen molar-refractivity contribution in [3.63, 3.8) is 0 Å². The molecule has 4 rings (SSSR count). The topological polar surface area (TPSA) is 57.6 Å². The Labute approximate surface area is 171 Å². The van der Waals surface area contributed by atoms with Crippen LogP contribution in [-0.2, 0) is 10.9 Å². The van der Waals surface area contributed by atoms with Crippen LogP contribution >= 0.6 is 0 Å². The third-order valence-electron chi connectivity index (χ3n) is 5.20. The van der Waals surface area contributed by atoms with E-state index >= 15 is 0 Å². The second-order valence-corrected chi connectivity index (χ2v) is 7.23. The third-order valence-corrected chi connectivity index (χ3v) is 5.20. The molecule has 0 saturated carbocycles. The molecule has 2 saturated heterocycles. The van der Waals surface area contributed by atoms with Crippen LogP contribution < -0.4 is 14.7 Å². The molecule has 0 N–H and O–H groups in total. The molecule has 0 aromatic carbocycles. The van der Waals surface area contributed by atoms with Gasteiger partial charge in [-0.2, -0.15) is 13.2 Å². The third kappa shape index (κ3) is 4.40. The average Bonchev–Trinajstić information content (AvgIpc) is 2.73. The fourth-order valence-electron chi connectivity index (χ4n) is 3.62. The number of nitrogens with zero attached hydrogens (tertiary/aromatic N) is 6. The first-order valence-electron chi connectivity index (χ1n) is 9.72. The van der Waals surface area contributed by atoms with E-state index in [-0.39, 0.29) is 5.82 Å². The lowest BCUT2D eigenvalue weighted by molar-refractivity contribution is -0.138. The van der Waals surface area contributed by atoms with Gasteiger partial charge in [-0.1, -0.05) is 0 Å². The van der Waals surface area contributed by atoms with E-state index in [0.29, 0.717) is 57.5 Å². The Morgan fingerprint density at radius 2 is 1.43 bits per heavy atom. The lowest BCUT2D eigenvalue weighted by atomic mass is 10.2. The van der Waals surface area contributed by atoms with Crippen molar-refractivity contribution in [2.75, 3.05) is 67.2 Å². The number of halogens is 4. The number of piperazine rings is 1. The van der Waals surface area contributed by atoms with E-state index in [1.165, 1.54) is 0 Å². The summed E-state index contributed by atoms with van der Waals surface area (Å²) in [6.45, 7) is 6.61. The number of hydrogen-bond donors (Lipinski definition) is 0. The van der Waals surface area contributed by atoms with Gasteiger partial charge < -0.3 is 19.4 Å². The first-order valence-corrected chi connectivity index (χ1v) is 9.72. The highest BCUT2D eigenvalue weighted by atomic mass is 19.4. The number of rotatable bonds is 3. The maximum atomic E-state index is 14.2. The van der Waals surface area contributed by atoms with Crippen LogP contribution in [0.15, 0.2) is 18.3 Å². The van der Waals surface area contributed by atoms with Gasteiger partial charge in [-0.15, -0.1) is 0 Å². The molecule has 162 valence electrons. The van der Waals surface area contributed by atoms with Crippen molar-refractivity contribution in [1.82, 2.24) is 15.0 Å². The fraction of sp³-hybridized carbons (Fsp3) is 0.526. The zero-order valence-electron chi connectivity index (χ0n) is 16.5. The summed E-state index contributed by atoms with van der Waals surface area (Å²) < 4.78 is 57.8. The average molecular weight is 426 g/mol. The van der Waals surface area contributed by atoms with E-state index < -0.39 is 17.6 Å². The number of hydrogen-bond acceptors (Lipinski definition) is 7. The molecular formula is C19H22F4N6O. The zero-order valence-corrected chi connectivity index (χ0v) is 16.5. The highest BCUT2D eigenvalue weighted by Crippen LogP contribution is 2.31. The summed E-state index contributed by atoms with van der Waals surface area (Å²) in [6.07, 6.45) is -3.94. The van der Waals surface area contributed by atoms with Crippen LogP contribution in [0.3, 0.4) is 0 Å². The van der Waals surface area contributed by atoms with Gasteiger partial charge in [-0.25, -0.2) is 19.3 Å². The number of anilines is 3. The molecule has 0 aliphatic carbocycles. The van der Waals surface area contributed by atoms with Gasteiger partial charge in [0, 0.05) is 51.5 Å². The van der Waals surface area contributed by atoms with Crippen LogP contribution in [-0.4, -0.2) is 67.4 Å². The van der Waals surface area contributed by atoms with E-state index in [9.17, 15) is 17.6 Å². The van der Waals surface area contributed by atoms with Crippen LogP contribution in [0.5, 0.6) is 0 Å². The van der Waals surface area contributed by atoms with Crippen molar-refractivity contribution >= 4 is 17.5 Å².